The van der Waals surface area contributed by atoms with Gasteiger partial charge in [0.05, 0.1) is 0 Å². The van der Waals surface area contributed by atoms with Gasteiger partial charge in [0.2, 0.25) is 0 Å². The van der Waals surface area contributed by atoms with E-state index in [0.717, 1.165) is 0 Å². The summed E-state index contributed by atoms with van der Waals surface area (Å²) in [4.78, 5) is 15.4. The molecule has 0 aliphatic rings. The van der Waals surface area contributed by atoms with E-state index >= 15 is 0 Å². The molecule has 0 aliphatic heterocycles. The van der Waals surface area contributed by atoms with Crippen LogP contribution < -0.4 is 0 Å². The Morgan fingerprint density at radius 1 is 1.12 bits per heavy atom. The van der Waals surface area contributed by atoms with Crippen LogP contribution in [0.3, 0.4) is 0 Å². The van der Waals surface area contributed by atoms with Crippen LogP contribution in [-0.4, -0.2) is 9.79 Å². The van der Waals surface area contributed by atoms with Crippen LogP contribution in [0.1, 0.15) is 0 Å². The average molecular weight is 197 g/mol. The van der Waals surface area contributed by atoms with Crippen LogP contribution in [0.5, 0.6) is 0 Å². The van der Waals surface area contributed by atoms with Crippen molar-refractivity contribution in [3.8, 4) is 0 Å². The van der Waals surface area contributed by atoms with Crippen LogP contribution in [-0.2, 0) is 32.0 Å². The monoisotopic (exact) mass is 197 g/mol. The summed E-state index contributed by atoms with van der Waals surface area (Å²) in [6, 6.07) is 0. The van der Waals surface area contributed by atoms with Gasteiger partial charge in [-0.05, 0) is 0 Å². The minimum atomic E-state index is -3.20. The SMILES string of the molecule is O=[PH](O)O[PH](=O)O.[V]. The molecule has 2 atom stereocenters. The second kappa shape index (κ2) is 6.05. The predicted octanol–water partition coefficient (Wildman–Crippen LogP) is -0.236. The van der Waals surface area contributed by atoms with Crippen molar-refractivity contribution >= 4 is 16.5 Å². The Bertz CT molecular complexity index is 86.6. The van der Waals surface area contributed by atoms with Crippen molar-refractivity contribution in [2.24, 2.45) is 0 Å². The average Bonchev–Trinajstić information content (AvgIpc) is 1.27. The summed E-state index contributed by atoms with van der Waals surface area (Å²) < 4.78 is 22.3. The summed E-state index contributed by atoms with van der Waals surface area (Å²) in [5.41, 5.74) is 0. The maximum atomic E-state index is 9.44. The van der Waals surface area contributed by atoms with Gasteiger partial charge < -0.3 is 9.79 Å². The van der Waals surface area contributed by atoms with Gasteiger partial charge in [0, 0.05) is 18.6 Å². The zero-order chi connectivity index (χ0) is 5.86. The summed E-state index contributed by atoms with van der Waals surface area (Å²) in [6.07, 6.45) is 0. The van der Waals surface area contributed by atoms with E-state index in [-0.39, 0.29) is 18.6 Å². The molecule has 8 heavy (non-hydrogen) atoms. The van der Waals surface area contributed by atoms with E-state index in [9.17, 15) is 9.13 Å². The summed E-state index contributed by atoms with van der Waals surface area (Å²) in [5.74, 6) is 0. The fourth-order valence-electron chi connectivity index (χ4n) is 0.0747. The standard InChI is InChI=1S/H4O5P2.V/c1-6(2)5-7(3)4;/h6-7H,(H,1,2)(H,3,4);. The summed E-state index contributed by atoms with van der Waals surface area (Å²) in [6.45, 7) is 0. The van der Waals surface area contributed by atoms with E-state index < -0.39 is 16.5 Å². The third kappa shape index (κ3) is 10.0. The van der Waals surface area contributed by atoms with E-state index in [1.54, 1.807) is 0 Å². The Labute approximate surface area is 58.8 Å². The Hall–Kier alpha value is 0.924. The molecule has 0 bridgehead atoms. The molecule has 0 aromatic heterocycles. The molecule has 49 valence electrons. The Morgan fingerprint density at radius 3 is 1.38 bits per heavy atom. The fraction of sp³-hybridized carbons (Fsp3) is 0. The molecule has 0 aromatic carbocycles. The molecule has 0 heterocycles. The first-order valence-corrected chi connectivity index (χ1v) is 3.79. The maximum absolute atomic E-state index is 9.44. The van der Waals surface area contributed by atoms with Crippen molar-refractivity contribution in [1.82, 2.24) is 0 Å². The maximum Gasteiger partial charge on any atom is 0.323 e. The Kier molecular flexibility index (Phi) is 8.84. The first kappa shape index (κ1) is 11.7. The van der Waals surface area contributed by atoms with E-state index in [1.807, 2.05) is 0 Å². The minimum Gasteiger partial charge on any atom is -0.326 e. The quantitative estimate of drug-likeness (QED) is 0.597. The third-order valence-corrected chi connectivity index (χ3v) is 1.57. The second-order valence-corrected chi connectivity index (χ2v) is 2.51. The summed E-state index contributed by atoms with van der Waals surface area (Å²) in [7, 11) is -6.40. The number of hydrogen-bond donors (Lipinski definition) is 2. The van der Waals surface area contributed by atoms with Crippen molar-refractivity contribution in [2.45, 2.75) is 0 Å². The summed E-state index contributed by atoms with van der Waals surface area (Å²) >= 11 is 0. The van der Waals surface area contributed by atoms with E-state index in [4.69, 9.17) is 9.79 Å². The number of hydrogen-bond acceptors (Lipinski definition) is 3. The van der Waals surface area contributed by atoms with Crippen LogP contribution in [0.25, 0.3) is 0 Å². The van der Waals surface area contributed by atoms with Gasteiger partial charge >= 0.3 is 16.5 Å². The zero-order valence-corrected chi connectivity index (χ0v) is 6.96. The Morgan fingerprint density at radius 2 is 1.38 bits per heavy atom. The Balaban J connectivity index is 0. The summed E-state index contributed by atoms with van der Waals surface area (Å²) in [5, 5.41) is 0. The van der Waals surface area contributed by atoms with Crippen LogP contribution in [0.4, 0.5) is 0 Å². The van der Waals surface area contributed by atoms with Gasteiger partial charge in [-0.3, -0.25) is 9.13 Å². The second-order valence-electron chi connectivity index (χ2n) is 0.634. The molecule has 0 rings (SSSR count). The normalized spacial score (nSPS) is 16.2. The van der Waals surface area contributed by atoms with Crippen molar-refractivity contribution in [3.63, 3.8) is 0 Å². The van der Waals surface area contributed by atoms with Gasteiger partial charge in [0.25, 0.3) is 0 Å². The largest absolute Gasteiger partial charge is 0.326 e. The molecular formula is H4O5P2V. The molecule has 0 spiro atoms. The molecule has 0 saturated heterocycles. The van der Waals surface area contributed by atoms with Gasteiger partial charge in [-0.2, -0.15) is 0 Å². The first-order chi connectivity index (χ1) is 3.13. The molecule has 0 amide bonds. The topological polar surface area (TPSA) is 83.8 Å². The molecule has 5 nitrogen and oxygen atoms in total. The van der Waals surface area contributed by atoms with Gasteiger partial charge in [-0.25, -0.2) is 4.31 Å². The molecule has 8 heteroatoms. The van der Waals surface area contributed by atoms with Gasteiger partial charge in [-0.1, -0.05) is 0 Å². The van der Waals surface area contributed by atoms with Crippen molar-refractivity contribution in [2.75, 3.05) is 0 Å². The van der Waals surface area contributed by atoms with E-state index in [0.29, 0.717) is 0 Å². The molecule has 0 saturated carbocycles. The van der Waals surface area contributed by atoms with Crippen molar-refractivity contribution in [1.29, 1.82) is 0 Å². The fourth-order valence-corrected chi connectivity index (χ4v) is 0.672. The molecule has 2 unspecified atom stereocenters. The molecule has 2 N–H and O–H groups in total. The predicted molar refractivity (Wildman–Crippen MR) is 23.5 cm³/mol. The van der Waals surface area contributed by atoms with Crippen LogP contribution in [0.2, 0.25) is 0 Å². The minimum absolute atomic E-state index is 0. The van der Waals surface area contributed by atoms with Crippen molar-refractivity contribution < 1.29 is 41.8 Å². The van der Waals surface area contributed by atoms with E-state index in [1.165, 1.54) is 0 Å². The van der Waals surface area contributed by atoms with Gasteiger partial charge in [-0.15, -0.1) is 0 Å². The van der Waals surface area contributed by atoms with Crippen LogP contribution >= 0.6 is 16.5 Å². The zero-order valence-electron chi connectivity index (χ0n) is 3.57. The molecule has 1 radical (unpaired) electrons. The van der Waals surface area contributed by atoms with Gasteiger partial charge in [0.1, 0.15) is 0 Å². The molecule has 0 aliphatic carbocycles. The number of rotatable bonds is 2. The van der Waals surface area contributed by atoms with Crippen LogP contribution in [0.15, 0.2) is 0 Å². The molecule has 0 aromatic rings. The third-order valence-electron chi connectivity index (χ3n) is 0.175. The molecule has 0 fully saturated rings. The van der Waals surface area contributed by atoms with Gasteiger partial charge in [0.15, 0.2) is 0 Å². The molecular weight excluding hydrogens is 193 g/mol. The smallest absolute Gasteiger partial charge is 0.323 e. The van der Waals surface area contributed by atoms with E-state index in [2.05, 4.69) is 4.31 Å². The van der Waals surface area contributed by atoms with Crippen LogP contribution in [0, 0.1) is 0 Å². The van der Waals surface area contributed by atoms with Crippen molar-refractivity contribution in [3.05, 3.63) is 0 Å². The first-order valence-electron chi connectivity index (χ1n) is 1.26.